The van der Waals surface area contributed by atoms with Gasteiger partial charge < -0.3 is 10.2 Å². The monoisotopic (exact) mass is 468 g/mol. The van der Waals surface area contributed by atoms with Gasteiger partial charge in [-0.15, -0.1) is 0 Å². The number of carbonyl (C=O) groups excluding carboxylic acids is 3. The van der Waals surface area contributed by atoms with Crippen LogP contribution in [0.25, 0.3) is 6.08 Å². The molecule has 0 radical (unpaired) electrons. The SMILES string of the molecule is CC(=O)[C@@H]1[C@@H](C(=O)c2ccccc2)[C@]2(C(=O)Nc3ccccc32)[C@H]2C=Cc3cc(Cl)ccc3N12. The molecule has 168 valence electrons. The van der Waals surface area contributed by atoms with E-state index in [0.717, 1.165) is 16.8 Å². The van der Waals surface area contributed by atoms with Gasteiger partial charge in [-0.3, -0.25) is 14.4 Å². The number of nitrogens with zero attached hydrogens (tertiary/aromatic N) is 1. The van der Waals surface area contributed by atoms with Crippen LogP contribution in [0.15, 0.2) is 78.9 Å². The van der Waals surface area contributed by atoms with Crippen LogP contribution in [0, 0.1) is 5.92 Å². The smallest absolute Gasteiger partial charge is 0.238 e. The van der Waals surface area contributed by atoms with Crippen molar-refractivity contribution < 1.29 is 14.4 Å². The molecule has 1 N–H and O–H groups in total. The molecular formula is C28H21ClN2O3. The molecule has 34 heavy (non-hydrogen) atoms. The van der Waals surface area contributed by atoms with Gasteiger partial charge in [-0.05, 0) is 42.3 Å². The summed E-state index contributed by atoms with van der Waals surface area (Å²) >= 11 is 6.25. The van der Waals surface area contributed by atoms with Gasteiger partial charge in [-0.1, -0.05) is 72.3 Å². The number of rotatable bonds is 3. The van der Waals surface area contributed by atoms with E-state index in [1.54, 1.807) is 30.3 Å². The van der Waals surface area contributed by atoms with Gasteiger partial charge in [0.2, 0.25) is 5.91 Å². The van der Waals surface area contributed by atoms with Crippen LogP contribution < -0.4 is 10.2 Å². The molecule has 6 heteroatoms. The fourth-order valence-electron chi connectivity index (χ4n) is 6.09. The van der Waals surface area contributed by atoms with E-state index in [1.165, 1.54) is 6.92 Å². The molecule has 1 fully saturated rings. The zero-order chi connectivity index (χ0) is 23.6. The van der Waals surface area contributed by atoms with E-state index in [4.69, 9.17) is 11.6 Å². The number of anilines is 2. The van der Waals surface area contributed by atoms with Gasteiger partial charge in [0, 0.05) is 22.0 Å². The first-order valence-electron chi connectivity index (χ1n) is 11.2. The lowest BCUT2D eigenvalue weighted by Crippen LogP contribution is -2.51. The topological polar surface area (TPSA) is 66.5 Å². The van der Waals surface area contributed by atoms with Crippen molar-refractivity contribution in [2.45, 2.75) is 24.4 Å². The first-order chi connectivity index (χ1) is 16.4. The second-order valence-corrected chi connectivity index (χ2v) is 9.48. The van der Waals surface area contributed by atoms with Crippen LogP contribution in [0.3, 0.4) is 0 Å². The van der Waals surface area contributed by atoms with Crippen molar-refractivity contribution in [3.8, 4) is 0 Å². The Morgan fingerprint density at radius 3 is 2.50 bits per heavy atom. The first-order valence-corrected chi connectivity index (χ1v) is 11.6. The molecular weight excluding hydrogens is 448 g/mol. The molecule has 0 aliphatic carbocycles. The zero-order valence-electron chi connectivity index (χ0n) is 18.4. The van der Waals surface area contributed by atoms with E-state index in [9.17, 15) is 14.4 Å². The largest absolute Gasteiger partial charge is 0.352 e. The number of benzene rings is 3. The minimum Gasteiger partial charge on any atom is -0.352 e. The van der Waals surface area contributed by atoms with Gasteiger partial charge >= 0.3 is 0 Å². The second kappa shape index (κ2) is 7.40. The highest BCUT2D eigenvalue weighted by atomic mass is 35.5. The van der Waals surface area contributed by atoms with Gasteiger partial charge in [-0.25, -0.2) is 0 Å². The summed E-state index contributed by atoms with van der Waals surface area (Å²) in [6.45, 7) is 1.50. The number of ketones is 2. The molecule has 3 heterocycles. The summed E-state index contributed by atoms with van der Waals surface area (Å²) in [7, 11) is 0. The van der Waals surface area contributed by atoms with Crippen LogP contribution in [-0.4, -0.2) is 29.6 Å². The van der Waals surface area contributed by atoms with Gasteiger partial charge in [0.05, 0.1) is 18.0 Å². The number of nitrogens with one attached hydrogen (secondary N) is 1. The van der Waals surface area contributed by atoms with E-state index in [0.29, 0.717) is 16.3 Å². The Labute approximate surface area is 202 Å². The predicted octanol–water partition coefficient (Wildman–Crippen LogP) is 4.90. The normalized spacial score (nSPS) is 26.1. The highest BCUT2D eigenvalue weighted by Crippen LogP contribution is 2.57. The number of hydrogen-bond acceptors (Lipinski definition) is 4. The molecule has 0 aromatic heterocycles. The Balaban J connectivity index is 1.67. The Kier molecular flexibility index (Phi) is 4.55. The molecule has 0 bridgehead atoms. The minimum absolute atomic E-state index is 0.162. The summed E-state index contributed by atoms with van der Waals surface area (Å²) in [6.07, 6.45) is 3.87. The summed E-state index contributed by atoms with van der Waals surface area (Å²) in [5, 5.41) is 3.59. The number of hydrogen-bond donors (Lipinski definition) is 1. The quantitative estimate of drug-likeness (QED) is 0.555. The molecule has 5 nitrogen and oxygen atoms in total. The van der Waals surface area contributed by atoms with Crippen molar-refractivity contribution in [2.75, 3.05) is 10.2 Å². The van der Waals surface area contributed by atoms with Crippen LogP contribution in [0.4, 0.5) is 11.4 Å². The Morgan fingerprint density at radius 1 is 1.00 bits per heavy atom. The highest BCUT2D eigenvalue weighted by molar-refractivity contribution is 6.31. The fourth-order valence-corrected chi connectivity index (χ4v) is 6.27. The van der Waals surface area contributed by atoms with Crippen LogP contribution in [0.1, 0.15) is 28.4 Å². The molecule has 1 saturated heterocycles. The van der Waals surface area contributed by atoms with Gasteiger partial charge in [0.15, 0.2) is 11.6 Å². The molecule has 4 atom stereocenters. The van der Waals surface area contributed by atoms with Crippen molar-refractivity contribution in [1.82, 2.24) is 0 Å². The summed E-state index contributed by atoms with van der Waals surface area (Å²) in [6, 6.07) is 20.5. The Hall–Kier alpha value is -3.70. The molecule has 3 aliphatic rings. The van der Waals surface area contributed by atoms with Crippen LogP contribution in [0.2, 0.25) is 5.02 Å². The van der Waals surface area contributed by atoms with Crippen LogP contribution >= 0.6 is 11.6 Å². The highest BCUT2D eigenvalue weighted by Gasteiger charge is 2.69. The predicted molar refractivity (Wildman–Crippen MR) is 132 cm³/mol. The van der Waals surface area contributed by atoms with Gasteiger partial charge in [-0.2, -0.15) is 0 Å². The molecule has 1 spiro atoms. The minimum atomic E-state index is -1.26. The summed E-state index contributed by atoms with van der Waals surface area (Å²) in [5.41, 5.74) is 2.29. The van der Waals surface area contributed by atoms with E-state index < -0.39 is 23.4 Å². The number of fused-ring (bicyclic) bond motifs is 6. The van der Waals surface area contributed by atoms with E-state index in [1.807, 2.05) is 59.5 Å². The number of Topliss-reactive ketones (excluding diaryl/α,β-unsaturated/α-hetero) is 2. The summed E-state index contributed by atoms with van der Waals surface area (Å²) < 4.78 is 0. The third-order valence-electron chi connectivity index (χ3n) is 7.35. The summed E-state index contributed by atoms with van der Waals surface area (Å²) in [5.74, 6) is -1.55. The number of halogens is 1. The third-order valence-corrected chi connectivity index (χ3v) is 7.59. The van der Waals surface area contributed by atoms with Crippen molar-refractivity contribution in [2.24, 2.45) is 5.92 Å². The van der Waals surface area contributed by atoms with Crippen molar-refractivity contribution in [3.63, 3.8) is 0 Å². The molecule has 0 unspecified atom stereocenters. The average molecular weight is 469 g/mol. The number of amides is 1. The maximum atomic E-state index is 14.2. The first kappa shape index (κ1) is 20.9. The third kappa shape index (κ3) is 2.64. The maximum absolute atomic E-state index is 14.2. The van der Waals surface area contributed by atoms with Crippen molar-refractivity contribution in [1.29, 1.82) is 0 Å². The van der Waals surface area contributed by atoms with Crippen LogP contribution in [-0.2, 0) is 15.0 Å². The summed E-state index contributed by atoms with van der Waals surface area (Å²) in [4.78, 5) is 43.4. The van der Waals surface area contributed by atoms with Gasteiger partial charge in [0.25, 0.3) is 0 Å². The van der Waals surface area contributed by atoms with E-state index in [2.05, 4.69) is 5.32 Å². The molecule has 3 aromatic rings. The maximum Gasteiger partial charge on any atom is 0.238 e. The number of para-hydroxylation sites is 1. The lowest BCUT2D eigenvalue weighted by Gasteiger charge is -2.37. The molecule has 0 saturated carbocycles. The fraction of sp³-hybridized carbons (Fsp3) is 0.179. The lowest BCUT2D eigenvalue weighted by molar-refractivity contribution is -0.122. The van der Waals surface area contributed by atoms with E-state index >= 15 is 0 Å². The molecule has 6 rings (SSSR count). The van der Waals surface area contributed by atoms with Crippen molar-refractivity contribution in [3.05, 3.63) is 101 Å². The van der Waals surface area contributed by atoms with Crippen molar-refractivity contribution >= 4 is 46.5 Å². The zero-order valence-corrected chi connectivity index (χ0v) is 19.1. The Morgan fingerprint density at radius 2 is 1.74 bits per heavy atom. The van der Waals surface area contributed by atoms with E-state index in [-0.39, 0.29) is 17.5 Å². The molecule has 1 amide bonds. The lowest BCUT2D eigenvalue weighted by atomic mass is 9.64. The number of carbonyl (C=O) groups is 3. The molecule has 3 aliphatic heterocycles. The standard InChI is InChI=1S/C28H21ClN2O3/c1-16(32)25-24(26(33)17-7-3-2-4-8-17)28(20-9-5-6-10-21(20)30-27(28)34)23-14-11-18-15-19(29)12-13-22(18)31(23)25/h2-15,23-25H,1H3,(H,30,34)/t23-,24+,25-,28-/m1/s1. The van der Waals surface area contributed by atoms with Gasteiger partial charge in [0.1, 0.15) is 5.41 Å². The molecule has 3 aromatic carbocycles. The Bertz CT molecular complexity index is 1400. The van der Waals surface area contributed by atoms with Crippen LogP contribution in [0.5, 0.6) is 0 Å². The average Bonchev–Trinajstić information content (AvgIpc) is 3.32. The second-order valence-electron chi connectivity index (χ2n) is 9.05.